The Bertz CT molecular complexity index is 462. The fraction of sp³-hybridized carbons (Fsp3) is 0.625. The lowest BCUT2D eigenvalue weighted by Gasteiger charge is -2.34. The van der Waals surface area contributed by atoms with Gasteiger partial charge in [-0.3, -0.25) is 4.98 Å². The Labute approximate surface area is 126 Å². The fourth-order valence-corrected chi connectivity index (χ4v) is 2.43. The van der Waals surface area contributed by atoms with Crippen molar-refractivity contribution in [1.82, 2.24) is 10.0 Å². The first-order valence-corrected chi connectivity index (χ1v) is 7.51. The van der Waals surface area contributed by atoms with Gasteiger partial charge in [0.25, 0.3) is 0 Å². The second-order valence-electron chi connectivity index (χ2n) is 6.71. The van der Waals surface area contributed by atoms with E-state index in [0.717, 1.165) is 31.5 Å². The predicted molar refractivity (Wildman–Crippen MR) is 81.0 cm³/mol. The third-order valence-corrected chi connectivity index (χ3v) is 3.90. The number of nitrogens with zero attached hydrogens (tertiary/aromatic N) is 2. The van der Waals surface area contributed by atoms with Crippen LogP contribution in [0.4, 0.5) is 0 Å². The highest BCUT2D eigenvalue weighted by Gasteiger charge is 2.30. The molecule has 116 valence electrons. The first-order chi connectivity index (χ1) is 9.88. The van der Waals surface area contributed by atoms with E-state index in [1.54, 1.807) is 11.3 Å². The van der Waals surface area contributed by atoms with E-state index in [4.69, 9.17) is 10.6 Å². The quantitative estimate of drug-likeness (QED) is 0.925. The van der Waals surface area contributed by atoms with Crippen LogP contribution in [0.5, 0.6) is 0 Å². The van der Waals surface area contributed by atoms with Gasteiger partial charge in [0, 0.05) is 31.5 Å². The Hall–Kier alpha value is -1.46. The number of pyridine rings is 1. The van der Waals surface area contributed by atoms with Crippen LogP contribution >= 0.6 is 0 Å². The number of carbonyl (C=O) groups is 1. The van der Waals surface area contributed by atoms with Gasteiger partial charge in [-0.15, -0.1) is 5.06 Å². The molecule has 1 aliphatic rings. The minimum atomic E-state index is -0.469. The molecule has 0 amide bonds. The Balaban J connectivity index is 1.85. The Morgan fingerprint density at radius 1 is 1.43 bits per heavy atom. The topological polar surface area (TPSA) is 68.5 Å². The molecule has 5 heteroatoms. The van der Waals surface area contributed by atoms with E-state index in [1.807, 2.05) is 39.1 Å². The first-order valence-electron chi connectivity index (χ1n) is 7.51. The van der Waals surface area contributed by atoms with Crippen LogP contribution in [0.25, 0.3) is 0 Å². The second kappa shape index (κ2) is 6.54. The van der Waals surface area contributed by atoms with Crippen LogP contribution in [0.1, 0.15) is 45.2 Å². The van der Waals surface area contributed by atoms with E-state index in [0.29, 0.717) is 5.92 Å². The van der Waals surface area contributed by atoms with Gasteiger partial charge in [0.05, 0.1) is 5.41 Å². The van der Waals surface area contributed by atoms with Crippen LogP contribution in [-0.2, 0) is 9.63 Å². The van der Waals surface area contributed by atoms with E-state index < -0.39 is 5.41 Å². The summed E-state index contributed by atoms with van der Waals surface area (Å²) < 4.78 is 0. The number of hydroxylamine groups is 2. The molecular formula is C16H25N3O2. The highest BCUT2D eigenvalue weighted by Crippen LogP contribution is 2.29. The summed E-state index contributed by atoms with van der Waals surface area (Å²) in [6.07, 6.45) is 5.43. The van der Waals surface area contributed by atoms with Crippen LogP contribution in [0, 0.1) is 11.3 Å². The smallest absolute Gasteiger partial charge is 0.330 e. The normalized spacial score (nSPS) is 19.2. The van der Waals surface area contributed by atoms with Crippen LogP contribution in [0.15, 0.2) is 24.5 Å². The lowest BCUT2D eigenvalue weighted by Crippen LogP contribution is -2.40. The van der Waals surface area contributed by atoms with Gasteiger partial charge in [0.1, 0.15) is 0 Å². The van der Waals surface area contributed by atoms with Crippen molar-refractivity contribution < 1.29 is 9.63 Å². The number of nitrogens with two attached hydrogens (primary N) is 1. The zero-order valence-electron chi connectivity index (χ0n) is 13.1. The van der Waals surface area contributed by atoms with E-state index in [2.05, 4.69) is 4.98 Å². The summed E-state index contributed by atoms with van der Waals surface area (Å²) in [5.41, 5.74) is 6.92. The van der Waals surface area contributed by atoms with E-state index in [-0.39, 0.29) is 12.0 Å². The van der Waals surface area contributed by atoms with Crippen LogP contribution in [-0.4, -0.2) is 29.1 Å². The van der Waals surface area contributed by atoms with Crippen molar-refractivity contribution in [2.45, 2.75) is 39.7 Å². The molecule has 2 rings (SSSR count). The molecule has 1 aromatic heterocycles. The van der Waals surface area contributed by atoms with Crippen LogP contribution < -0.4 is 5.73 Å². The molecule has 0 radical (unpaired) electrons. The molecule has 0 aliphatic carbocycles. The fourth-order valence-electron chi connectivity index (χ4n) is 2.43. The lowest BCUT2D eigenvalue weighted by atomic mass is 9.87. The molecule has 1 fully saturated rings. The minimum absolute atomic E-state index is 0.000771. The number of rotatable bonds is 3. The maximum absolute atomic E-state index is 11.9. The van der Waals surface area contributed by atoms with Gasteiger partial charge in [-0.05, 0) is 51.2 Å². The standard InChI is InChI=1S/C16H25N3O2/c1-16(2,3)15(20)21-19-9-6-12(7-10-19)14(17)13-5-4-8-18-11-13/h4-5,8,11-12,14H,6-7,9-10,17H2,1-3H3. The molecule has 0 aromatic carbocycles. The molecule has 5 nitrogen and oxygen atoms in total. The van der Waals surface area contributed by atoms with E-state index in [9.17, 15) is 4.79 Å². The van der Waals surface area contributed by atoms with E-state index in [1.165, 1.54) is 0 Å². The average Bonchev–Trinajstić information content (AvgIpc) is 2.47. The number of piperidine rings is 1. The molecule has 1 saturated heterocycles. The van der Waals surface area contributed by atoms with Gasteiger partial charge < -0.3 is 10.6 Å². The summed E-state index contributed by atoms with van der Waals surface area (Å²) in [6, 6.07) is 3.93. The first kappa shape index (κ1) is 15.9. The molecule has 1 atom stereocenters. The van der Waals surface area contributed by atoms with Crippen molar-refractivity contribution in [2.24, 2.45) is 17.1 Å². The SMILES string of the molecule is CC(C)(C)C(=O)ON1CCC(C(N)c2cccnc2)CC1. The highest BCUT2D eigenvalue weighted by molar-refractivity contribution is 5.75. The third-order valence-electron chi connectivity index (χ3n) is 3.90. The molecule has 0 saturated carbocycles. The van der Waals surface area contributed by atoms with E-state index >= 15 is 0 Å². The molecule has 2 heterocycles. The van der Waals surface area contributed by atoms with Gasteiger partial charge in [-0.1, -0.05) is 6.07 Å². The molecule has 2 N–H and O–H groups in total. The van der Waals surface area contributed by atoms with Crippen molar-refractivity contribution >= 4 is 5.97 Å². The summed E-state index contributed by atoms with van der Waals surface area (Å²) in [5, 5.41) is 1.76. The Kier molecular flexibility index (Phi) is 4.96. The van der Waals surface area contributed by atoms with Gasteiger partial charge in [-0.2, -0.15) is 0 Å². The van der Waals surface area contributed by atoms with Crippen molar-refractivity contribution in [1.29, 1.82) is 0 Å². The van der Waals surface area contributed by atoms with Crippen molar-refractivity contribution in [3.05, 3.63) is 30.1 Å². The highest BCUT2D eigenvalue weighted by atomic mass is 16.7. The van der Waals surface area contributed by atoms with Crippen molar-refractivity contribution in [3.8, 4) is 0 Å². The average molecular weight is 291 g/mol. The summed E-state index contributed by atoms with van der Waals surface area (Å²) in [7, 11) is 0. The zero-order valence-corrected chi connectivity index (χ0v) is 13.1. The number of carbonyl (C=O) groups excluding carboxylic acids is 1. The summed E-state index contributed by atoms with van der Waals surface area (Å²) >= 11 is 0. The zero-order chi connectivity index (χ0) is 15.5. The van der Waals surface area contributed by atoms with Crippen molar-refractivity contribution in [2.75, 3.05) is 13.1 Å². The second-order valence-corrected chi connectivity index (χ2v) is 6.71. The Morgan fingerprint density at radius 2 is 2.10 bits per heavy atom. The molecule has 1 aromatic rings. The molecule has 1 aliphatic heterocycles. The number of hydrogen-bond acceptors (Lipinski definition) is 5. The largest absolute Gasteiger partial charge is 0.367 e. The minimum Gasteiger partial charge on any atom is -0.367 e. The molecule has 0 bridgehead atoms. The molecule has 0 spiro atoms. The monoisotopic (exact) mass is 291 g/mol. The summed E-state index contributed by atoms with van der Waals surface area (Å²) in [4.78, 5) is 21.4. The van der Waals surface area contributed by atoms with Gasteiger partial charge in [-0.25, -0.2) is 4.79 Å². The summed E-state index contributed by atoms with van der Waals surface area (Å²) in [5.74, 6) is 0.219. The van der Waals surface area contributed by atoms with Gasteiger partial charge in [0.15, 0.2) is 0 Å². The Morgan fingerprint density at radius 3 is 2.62 bits per heavy atom. The third kappa shape index (κ3) is 4.25. The molecular weight excluding hydrogens is 266 g/mol. The van der Waals surface area contributed by atoms with Crippen molar-refractivity contribution in [3.63, 3.8) is 0 Å². The maximum Gasteiger partial charge on any atom is 0.330 e. The summed E-state index contributed by atoms with van der Waals surface area (Å²) in [6.45, 7) is 7.06. The van der Waals surface area contributed by atoms with Gasteiger partial charge >= 0.3 is 5.97 Å². The predicted octanol–water partition coefficient (Wildman–Crippen LogP) is 2.30. The number of hydrogen-bond donors (Lipinski definition) is 1. The number of aromatic nitrogens is 1. The van der Waals surface area contributed by atoms with Crippen LogP contribution in [0.3, 0.4) is 0 Å². The molecule has 21 heavy (non-hydrogen) atoms. The van der Waals surface area contributed by atoms with Crippen LogP contribution in [0.2, 0.25) is 0 Å². The lowest BCUT2D eigenvalue weighted by molar-refractivity contribution is -0.206. The maximum atomic E-state index is 11.9. The molecule has 1 unspecified atom stereocenters. The van der Waals surface area contributed by atoms with Gasteiger partial charge in [0.2, 0.25) is 0 Å².